The summed E-state index contributed by atoms with van der Waals surface area (Å²) in [5.41, 5.74) is 3.65. The molecule has 1 heterocycles. The normalized spacial score (nSPS) is 14.3. The maximum atomic E-state index is 12.9. The van der Waals surface area contributed by atoms with E-state index < -0.39 is 0 Å². The fourth-order valence-corrected chi connectivity index (χ4v) is 4.84. The number of H-pyrrole nitrogens is 1. The van der Waals surface area contributed by atoms with Gasteiger partial charge in [-0.25, -0.2) is 0 Å². The van der Waals surface area contributed by atoms with Gasteiger partial charge in [0.1, 0.15) is 5.75 Å². The Morgan fingerprint density at radius 3 is 2.69 bits per heavy atom. The lowest BCUT2D eigenvalue weighted by atomic mass is 9.94. The molecule has 2 aromatic carbocycles. The maximum Gasteiger partial charge on any atom is 0.253 e. The summed E-state index contributed by atoms with van der Waals surface area (Å²) in [4.78, 5) is 18.2. The van der Waals surface area contributed by atoms with Crippen LogP contribution < -0.4 is 15.6 Å². The quantitative estimate of drug-likeness (QED) is 0.478. The minimum absolute atomic E-state index is 0.0531. The van der Waals surface area contributed by atoms with Gasteiger partial charge in [0.05, 0.1) is 19.3 Å². The fourth-order valence-electron chi connectivity index (χ4n) is 4.52. The van der Waals surface area contributed by atoms with Gasteiger partial charge in [-0.05, 0) is 72.8 Å². The van der Waals surface area contributed by atoms with Crippen molar-refractivity contribution in [1.29, 1.82) is 0 Å². The van der Waals surface area contributed by atoms with E-state index >= 15 is 0 Å². The molecule has 168 valence electrons. The number of thiocarbonyl (C=S) groups is 1. The number of rotatable bonds is 6. The van der Waals surface area contributed by atoms with E-state index in [0.29, 0.717) is 17.7 Å². The Morgan fingerprint density at radius 1 is 1.16 bits per heavy atom. The van der Waals surface area contributed by atoms with Crippen LogP contribution in [0.3, 0.4) is 0 Å². The second-order valence-corrected chi connectivity index (χ2v) is 8.84. The third-order valence-electron chi connectivity index (χ3n) is 6.36. The summed E-state index contributed by atoms with van der Waals surface area (Å²) in [7, 11) is 1.65. The summed E-state index contributed by atoms with van der Waals surface area (Å²) < 4.78 is 5.48. The van der Waals surface area contributed by atoms with Gasteiger partial charge in [-0.15, -0.1) is 0 Å². The van der Waals surface area contributed by atoms with Gasteiger partial charge < -0.3 is 19.9 Å². The number of aryl methyl sites for hydroxylation is 1. The second-order valence-electron chi connectivity index (χ2n) is 8.45. The Hall–Kier alpha value is -2.86. The molecule has 4 rings (SSSR count). The molecule has 1 aromatic heterocycles. The van der Waals surface area contributed by atoms with Crippen molar-refractivity contribution >= 4 is 33.9 Å². The predicted octanol–water partition coefficient (Wildman–Crippen LogP) is 5.63. The van der Waals surface area contributed by atoms with E-state index in [4.69, 9.17) is 17.0 Å². The summed E-state index contributed by atoms with van der Waals surface area (Å²) in [6, 6.07) is 16.3. The highest BCUT2D eigenvalue weighted by Crippen LogP contribution is 2.28. The molecule has 1 aliphatic rings. The summed E-state index contributed by atoms with van der Waals surface area (Å²) in [5.74, 6) is 0.745. The minimum Gasteiger partial charge on any atom is -0.495 e. The van der Waals surface area contributed by atoms with Crippen LogP contribution in [0.5, 0.6) is 5.75 Å². The zero-order chi connectivity index (χ0) is 22.5. The second kappa shape index (κ2) is 10.2. The summed E-state index contributed by atoms with van der Waals surface area (Å²) in [6.07, 6.45) is 6.76. The molecule has 6 heteroatoms. The Labute approximate surface area is 194 Å². The van der Waals surface area contributed by atoms with Crippen LogP contribution in [0, 0.1) is 0 Å². The molecule has 32 heavy (non-hydrogen) atoms. The van der Waals surface area contributed by atoms with E-state index in [1.54, 1.807) is 7.11 Å². The lowest BCUT2D eigenvalue weighted by Crippen LogP contribution is -2.44. The molecule has 1 saturated carbocycles. The summed E-state index contributed by atoms with van der Waals surface area (Å²) >= 11 is 5.87. The molecular weight excluding hydrogens is 418 g/mol. The van der Waals surface area contributed by atoms with E-state index in [0.717, 1.165) is 47.2 Å². The Kier molecular flexibility index (Phi) is 7.10. The molecular formula is C26H31N3O2S. The Bertz CT molecular complexity index is 1150. The van der Waals surface area contributed by atoms with Crippen molar-refractivity contribution in [1.82, 2.24) is 9.88 Å². The zero-order valence-electron chi connectivity index (χ0n) is 18.8. The third kappa shape index (κ3) is 4.96. The third-order valence-corrected chi connectivity index (χ3v) is 6.70. The van der Waals surface area contributed by atoms with E-state index in [2.05, 4.69) is 34.3 Å². The smallest absolute Gasteiger partial charge is 0.253 e. The lowest BCUT2D eigenvalue weighted by molar-refractivity contribution is 0.240. The van der Waals surface area contributed by atoms with Gasteiger partial charge in [0.25, 0.3) is 5.56 Å². The fraction of sp³-hybridized carbons (Fsp3) is 0.385. The molecule has 2 N–H and O–H groups in total. The highest BCUT2D eigenvalue weighted by molar-refractivity contribution is 7.80. The van der Waals surface area contributed by atoms with Crippen molar-refractivity contribution < 1.29 is 4.74 Å². The van der Waals surface area contributed by atoms with E-state index in [9.17, 15) is 4.79 Å². The van der Waals surface area contributed by atoms with Crippen molar-refractivity contribution in [3.8, 4) is 5.75 Å². The van der Waals surface area contributed by atoms with Crippen molar-refractivity contribution in [2.24, 2.45) is 0 Å². The highest BCUT2D eigenvalue weighted by Gasteiger charge is 2.25. The van der Waals surface area contributed by atoms with Crippen LogP contribution in [0.25, 0.3) is 10.9 Å². The van der Waals surface area contributed by atoms with Crippen LogP contribution in [-0.2, 0) is 13.0 Å². The van der Waals surface area contributed by atoms with Gasteiger partial charge in [-0.3, -0.25) is 4.79 Å². The molecule has 1 fully saturated rings. The van der Waals surface area contributed by atoms with Crippen molar-refractivity contribution in [2.75, 3.05) is 12.4 Å². The largest absolute Gasteiger partial charge is 0.495 e. The maximum absolute atomic E-state index is 12.9. The average molecular weight is 450 g/mol. The number of fused-ring (bicyclic) bond motifs is 1. The summed E-state index contributed by atoms with van der Waals surface area (Å²) in [5, 5.41) is 5.06. The molecule has 1 aliphatic carbocycles. The average Bonchev–Trinajstić information content (AvgIpc) is 2.83. The number of hydrogen-bond donors (Lipinski definition) is 2. The van der Waals surface area contributed by atoms with Gasteiger partial charge in [0, 0.05) is 17.1 Å². The molecule has 0 bridgehead atoms. The SMILES string of the molecule is CCc1ccc2[nH]c(=O)c(CN(C(=S)Nc3ccccc3OC)C3CCCCC3)cc2c1. The molecule has 0 spiro atoms. The predicted molar refractivity (Wildman–Crippen MR) is 136 cm³/mol. The van der Waals surface area contributed by atoms with E-state index in [-0.39, 0.29) is 5.56 Å². The first-order valence-electron chi connectivity index (χ1n) is 11.4. The van der Waals surface area contributed by atoms with Crippen molar-refractivity contribution in [3.05, 3.63) is 70.0 Å². The number of benzene rings is 2. The van der Waals surface area contributed by atoms with Gasteiger partial charge in [-0.1, -0.05) is 44.4 Å². The first kappa shape index (κ1) is 22.3. The number of nitrogens with zero attached hydrogens (tertiary/aromatic N) is 1. The van der Waals surface area contributed by atoms with Crippen LogP contribution in [-0.4, -0.2) is 28.1 Å². The van der Waals surface area contributed by atoms with Crippen LogP contribution in [0.15, 0.2) is 53.3 Å². The standard InChI is InChI=1S/C26H31N3O2S/c1-3-18-13-14-22-19(15-18)16-20(25(30)27-22)17-29(21-9-5-4-6-10-21)26(32)28-23-11-7-8-12-24(23)31-2/h7-8,11-16,21H,3-6,9-10,17H2,1-2H3,(H,27,30)(H,28,32). The molecule has 3 aromatic rings. The van der Waals surface area contributed by atoms with Gasteiger partial charge in [0.15, 0.2) is 5.11 Å². The topological polar surface area (TPSA) is 57.4 Å². The number of aromatic nitrogens is 1. The van der Waals surface area contributed by atoms with Gasteiger partial charge in [0.2, 0.25) is 0 Å². The number of aromatic amines is 1. The van der Waals surface area contributed by atoms with Crippen LogP contribution in [0.2, 0.25) is 0 Å². The number of para-hydroxylation sites is 2. The number of methoxy groups -OCH3 is 1. The van der Waals surface area contributed by atoms with Crippen LogP contribution in [0.1, 0.15) is 50.2 Å². The Morgan fingerprint density at radius 2 is 1.94 bits per heavy atom. The number of ether oxygens (including phenoxy) is 1. The zero-order valence-corrected chi connectivity index (χ0v) is 19.6. The lowest BCUT2D eigenvalue weighted by Gasteiger charge is -2.36. The molecule has 0 aliphatic heterocycles. The number of nitrogens with one attached hydrogen (secondary N) is 2. The Balaban J connectivity index is 1.65. The number of anilines is 1. The molecule has 0 amide bonds. The van der Waals surface area contributed by atoms with Gasteiger partial charge >= 0.3 is 0 Å². The number of hydrogen-bond acceptors (Lipinski definition) is 3. The molecule has 0 saturated heterocycles. The molecule has 0 unspecified atom stereocenters. The van der Waals surface area contributed by atoms with Crippen LogP contribution in [0.4, 0.5) is 5.69 Å². The number of pyridine rings is 1. The monoisotopic (exact) mass is 449 g/mol. The van der Waals surface area contributed by atoms with Crippen LogP contribution >= 0.6 is 12.2 Å². The molecule has 0 radical (unpaired) electrons. The van der Waals surface area contributed by atoms with Crippen molar-refractivity contribution in [3.63, 3.8) is 0 Å². The first-order valence-corrected chi connectivity index (χ1v) is 11.9. The van der Waals surface area contributed by atoms with E-state index in [1.807, 2.05) is 36.4 Å². The molecule has 0 atom stereocenters. The highest BCUT2D eigenvalue weighted by atomic mass is 32.1. The first-order chi connectivity index (χ1) is 15.6. The van der Waals surface area contributed by atoms with E-state index in [1.165, 1.54) is 24.8 Å². The van der Waals surface area contributed by atoms with Gasteiger partial charge in [-0.2, -0.15) is 0 Å². The summed E-state index contributed by atoms with van der Waals surface area (Å²) in [6.45, 7) is 2.62. The molecule has 5 nitrogen and oxygen atoms in total. The van der Waals surface area contributed by atoms with Crippen molar-refractivity contribution in [2.45, 2.75) is 58.0 Å². The minimum atomic E-state index is -0.0531.